The van der Waals surface area contributed by atoms with E-state index in [1.807, 2.05) is 24.0 Å². The van der Waals surface area contributed by atoms with Gasteiger partial charge in [-0.05, 0) is 50.8 Å². The number of aryl methyl sites for hydroxylation is 1. The fraction of sp³-hybridized carbons (Fsp3) is 0.474. The molecule has 0 spiro atoms. The second-order valence-electron chi connectivity index (χ2n) is 6.99. The lowest BCUT2D eigenvalue weighted by Gasteiger charge is -2.40. The number of piperidine rings is 1. The Morgan fingerprint density at radius 1 is 1.36 bits per heavy atom. The summed E-state index contributed by atoms with van der Waals surface area (Å²) in [6.07, 6.45) is 1.55. The van der Waals surface area contributed by atoms with Crippen molar-refractivity contribution in [2.45, 2.75) is 39.2 Å². The molecule has 5 nitrogen and oxygen atoms in total. The molecule has 132 valence electrons. The highest BCUT2D eigenvalue weighted by Crippen LogP contribution is 2.35. The van der Waals surface area contributed by atoms with Crippen LogP contribution >= 0.6 is 0 Å². The number of aromatic nitrogens is 1. The first-order valence-electron chi connectivity index (χ1n) is 8.37. The number of nitrogens with one attached hydrogen (secondary N) is 1. The van der Waals surface area contributed by atoms with Gasteiger partial charge in [0.2, 0.25) is 0 Å². The highest BCUT2D eigenvalue weighted by Gasteiger charge is 2.32. The molecule has 2 aromatic rings. The average molecular weight is 343 g/mol. The van der Waals surface area contributed by atoms with Crippen molar-refractivity contribution in [1.29, 1.82) is 5.26 Å². The maximum Gasteiger partial charge on any atom is 0.268 e. The Kier molecular flexibility index (Phi) is 4.29. The van der Waals surface area contributed by atoms with E-state index < -0.39 is 11.4 Å². The van der Waals surface area contributed by atoms with Crippen LogP contribution in [0.2, 0.25) is 0 Å². The summed E-state index contributed by atoms with van der Waals surface area (Å²) in [6, 6.07) is 3.85. The van der Waals surface area contributed by atoms with E-state index in [-0.39, 0.29) is 16.7 Å². The Balaban J connectivity index is 2.23. The predicted octanol–water partition coefficient (Wildman–Crippen LogP) is 3.16. The van der Waals surface area contributed by atoms with Gasteiger partial charge in [0.25, 0.3) is 5.56 Å². The topological polar surface area (TPSA) is 69.1 Å². The van der Waals surface area contributed by atoms with E-state index in [1.54, 1.807) is 14.0 Å². The van der Waals surface area contributed by atoms with E-state index in [9.17, 15) is 14.4 Å². The molecule has 1 fully saturated rings. The maximum atomic E-state index is 14.7. The minimum atomic E-state index is -0.549. The molecular weight excluding hydrogens is 321 g/mol. The molecule has 0 saturated carbocycles. The van der Waals surface area contributed by atoms with Gasteiger partial charge in [-0.25, -0.2) is 4.39 Å². The van der Waals surface area contributed by atoms with E-state index in [0.717, 1.165) is 18.4 Å². The summed E-state index contributed by atoms with van der Waals surface area (Å²) in [4.78, 5) is 16.9. The van der Waals surface area contributed by atoms with Gasteiger partial charge in [-0.3, -0.25) is 4.79 Å². The van der Waals surface area contributed by atoms with Gasteiger partial charge in [0.15, 0.2) is 5.82 Å². The van der Waals surface area contributed by atoms with Crippen LogP contribution in [-0.4, -0.2) is 30.8 Å². The summed E-state index contributed by atoms with van der Waals surface area (Å²) in [5.74, 6) is -0.434. The van der Waals surface area contributed by atoms with Gasteiger partial charge in [-0.1, -0.05) is 0 Å². The Labute approximate surface area is 146 Å². The van der Waals surface area contributed by atoms with Crippen LogP contribution < -0.4 is 10.5 Å². The molecule has 0 bridgehead atoms. The van der Waals surface area contributed by atoms with Crippen LogP contribution in [0.5, 0.6) is 0 Å². The molecule has 0 amide bonds. The maximum absolute atomic E-state index is 14.7. The van der Waals surface area contributed by atoms with Crippen molar-refractivity contribution >= 4 is 16.6 Å². The largest absolute Gasteiger partial charge is 0.378 e. The van der Waals surface area contributed by atoms with Crippen molar-refractivity contribution in [3.8, 4) is 6.07 Å². The number of fused-ring (bicyclic) bond motifs is 1. The van der Waals surface area contributed by atoms with Crippen molar-refractivity contribution in [2.24, 2.45) is 0 Å². The first kappa shape index (κ1) is 17.4. The minimum absolute atomic E-state index is 0.0381. The summed E-state index contributed by atoms with van der Waals surface area (Å²) >= 11 is 0. The summed E-state index contributed by atoms with van der Waals surface area (Å²) in [5.41, 5.74) is 1.27. The van der Waals surface area contributed by atoms with E-state index >= 15 is 0 Å². The molecule has 1 aliphatic heterocycles. The van der Waals surface area contributed by atoms with Crippen molar-refractivity contribution in [1.82, 2.24) is 4.98 Å². The number of H-pyrrole nitrogens is 1. The number of hydrogen-bond donors (Lipinski definition) is 1. The van der Waals surface area contributed by atoms with Gasteiger partial charge in [0.1, 0.15) is 11.6 Å². The standard InChI is InChI=1S/C19H22FN3O2/c1-11-9-13-16(15(20)12(11)2)22-18(24)14(10-21)17(13)23-7-5-19(3,25-4)6-8-23/h9H,5-8H2,1-4H3,(H,22,24). The van der Waals surface area contributed by atoms with Crippen molar-refractivity contribution in [2.75, 3.05) is 25.1 Å². The third-order valence-electron chi connectivity index (χ3n) is 5.47. The fourth-order valence-electron chi connectivity index (χ4n) is 3.44. The second-order valence-corrected chi connectivity index (χ2v) is 6.99. The molecule has 1 aliphatic rings. The normalized spacial score (nSPS) is 16.9. The number of anilines is 1. The molecule has 3 rings (SSSR count). The molecule has 6 heteroatoms. The number of hydrogen-bond acceptors (Lipinski definition) is 4. The van der Waals surface area contributed by atoms with Gasteiger partial charge in [0.05, 0.1) is 16.8 Å². The number of nitrogens with zero attached hydrogens (tertiary/aromatic N) is 2. The molecule has 0 unspecified atom stereocenters. The monoisotopic (exact) mass is 343 g/mol. The van der Waals surface area contributed by atoms with E-state index in [1.165, 1.54) is 0 Å². The Morgan fingerprint density at radius 3 is 2.56 bits per heavy atom. The summed E-state index contributed by atoms with van der Waals surface area (Å²) in [5, 5.41) is 10.1. The number of rotatable bonds is 2. The van der Waals surface area contributed by atoms with E-state index in [4.69, 9.17) is 4.74 Å². The fourth-order valence-corrected chi connectivity index (χ4v) is 3.44. The van der Waals surface area contributed by atoms with Crippen LogP contribution in [0.4, 0.5) is 10.1 Å². The first-order valence-corrected chi connectivity index (χ1v) is 8.37. The number of benzene rings is 1. The van der Waals surface area contributed by atoms with Crippen molar-refractivity contribution in [3.05, 3.63) is 38.9 Å². The third kappa shape index (κ3) is 2.79. The first-order chi connectivity index (χ1) is 11.8. The number of aromatic amines is 1. The van der Waals surface area contributed by atoms with E-state index in [0.29, 0.717) is 29.7 Å². The predicted molar refractivity (Wildman–Crippen MR) is 95.6 cm³/mol. The molecular formula is C19H22FN3O2. The number of halogens is 1. The van der Waals surface area contributed by atoms with Crippen LogP contribution in [0.15, 0.2) is 10.9 Å². The zero-order chi connectivity index (χ0) is 18.4. The van der Waals surface area contributed by atoms with Crippen LogP contribution in [0.1, 0.15) is 36.5 Å². The van der Waals surface area contributed by atoms with Crippen LogP contribution in [0, 0.1) is 31.0 Å². The number of pyridine rings is 1. The van der Waals surface area contributed by atoms with Crippen molar-refractivity contribution in [3.63, 3.8) is 0 Å². The van der Waals surface area contributed by atoms with Crippen LogP contribution in [-0.2, 0) is 4.74 Å². The molecule has 25 heavy (non-hydrogen) atoms. The molecule has 1 saturated heterocycles. The smallest absolute Gasteiger partial charge is 0.268 e. The lowest BCUT2D eigenvalue weighted by molar-refractivity contribution is -0.0132. The molecule has 1 aromatic carbocycles. The SMILES string of the molecule is COC1(C)CCN(c2c(C#N)c(=O)[nH]c3c(F)c(C)c(C)cc23)CC1. The van der Waals surface area contributed by atoms with Gasteiger partial charge in [0, 0.05) is 25.6 Å². The average Bonchev–Trinajstić information content (AvgIpc) is 2.61. The van der Waals surface area contributed by atoms with Crippen LogP contribution in [0.3, 0.4) is 0 Å². The lowest BCUT2D eigenvalue weighted by atomic mass is 9.92. The molecule has 0 atom stereocenters. The second kappa shape index (κ2) is 6.16. The molecule has 0 aliphatic carbocycles. The number of ether oxygens (including phenoxy) is 1. The lowest BCUT2D eigenvalue weighted by Crippen LogP contribution is -2.44. The summed E-state index contributed by atoms with van der Waals surface area (Å²) in [7, 11) is 1.69. The zero-order valence-corrected chi connectivity index (χ0v) is 15.0. The molecule has 1 aromatic heterocycles. The minimum Gasteiger partial charge on any atom is -0.378 e. The number of methoxy groups -OCH3 is 1. The molecule has 0 radical (unpaired) electrons. The Hall–Kier alpha value is -2.39. The highest BCUT2D eigenvalue weighted by atomic mass is 19.1. The summed E-state index contributed by atoms with van der Waals surface area (Å²) < 4.78 is 20.3. The summed E-state index contributed by atoms with van der Waals surface area (Å²) in [6.45, 7) is 6.86. The quantitative estimate of drug-likeness (QED) is 0.909. The third-order valence-corrected chi connectivity index (χ3v) is 5.47. The van der Waals surface area contributed by atoms with Crippen LogP contribution in [0.25, 0.3) is 10.9 Å². The molecule has 1 N–H and O–H groups in total. The highest BCUT2D eigenvalue weighted by molar-refractivity contribution is 5.95. The van der Waals surface area contributed by atoms with Gasteiger partial charge in [-0.15, -0.1) is 0 Å². The van der Waals surface area contributed by atoms with E-state index in [2.05, 4.69) is 11.9 Å². The molecule has 2 heterocycles. The Bertz CT molecular complexity index is 935. The zero-order valence-electron chi connectivity index (χ0n) is 15.0. The van der Waals surface area contributed by atoms with Crippen molar-refractivity contribution < 1.29 is 9.13 Å². The van der Waals surface area contributed by atoms with Gasteiger partial charge >= 0.3 is 0 Å². The van der Waals surface area contributed by atoms with Gasteiger partial charge < -0.3 is 14.6 Å². The Morgan fingerprint density at radius 2 is 2.00 bits per heavy atom. The van der Waals surface area contributed by atoms with Gasteiger partial charge in [-0.2, -0.15) is 5.26 Å². The number of nitriles is 1.